The maximum Gasteiger partial charge on any atom is 0.345 e. The molecule has 0 atom stereocenters. The molecule has 0 amide bonds. The highest BCUT2D eigenvalue weighted by atomic mass is 79.9. The molecule has 19 heavy (non-hydrogen) atoms. The molecular weight excluding hydrogens is 332 g/mol. The molecule has 0 aliphatic carbocycles. The van der Waals surface area contributed by atoms with Crippen LogP contribution in [0.5, 0.6) is 0 Å². The van der Waals surface area contributed by atoms with Crippen molar-refractivity contribution in [2.75, 3.05) is 13.2 Å². The van der Waals surface area contributed by atoms with Crippen LogP contribution in [-0.2, 0) is 24.4 Å². The molecule has 0 saturated carbocycles. The number of carbonyl (C=O) groups is 2. The number of esters is 2. The molecule has 0 fully saturated rings. The van der Waals surface area contributed by atoms with Crippen LogP contribution >= 0.6 is 27.3 Å². The zero-order valence-corrected chi connectivity index (χ0v) is 13.2. The first-order valence-electron chi connectivity index (χ1n) is 5.82. The first kappa shape index (κ1) is 15.9. The summed E-state index contributed by atoms with van der Waals surface area (Å²) in [6.45, 7) is 3.81. The monoisotopic (exact) mass is 346 g/mol. The smallest absolute Gasteiger partial charge is 0.345 e. The molecule has 0 aliphatic rings. The third-order valence-electron chi connectivity index (χ3n) is 2.19. The summed E-state index contributed by atoms with van der Waals surface area (Å²) < 4.78 is 9.76. The first-order valence-corrected chi connectivity index (χ1v) is 7.82. The number of carbonyl (C=O) groups excluding carboxylic acids is 2. The van der Waals surface area contributed by atoms with Crippen LogP contribution in [0.1, 0.15) is 24.3 Å². The summed E-state index contributed by atoms with van der Waals surface area (Å²) in [5, 5.41) is 2.55. The molecule has 0 aliphatic heterocycles. The standard InChI is InChI=1S/C13H15BrO4S/c1-3-17-12(15)10(13(16)18-4-2)7-11-9(8-14)5-6-19-11/h5-7H,3-4,8H2,1-2H3. The molecule has 104 valence electrons. The lowest BCUT2D eigenvalue weighted by molar-refractivity contribution is -0.146. The normalized spacial score (nSPS) is 9.84. The molecule has 0 unspecified atom stereocenters. The Bertz CT molecular complexity index is 459. The van der Waals surface area contributed by atoms with E-state index in [0.717, 1.165) is 10.4 Å². The zero-order chi connectivity index (χ0) is 14.3. The number of thiophene rings is 1. The van der Waals surface area contributed by atoms with Crippen molar-refractivity contribution in [3.63, 3.8) is 0 Å². The molecule has 0 aromatic carbocycles. The van der Waals surface area contributed by atoms with Crippen molar-refractivity contribution in [2.24, 2.45) is 0 Å². The third kappa shape index (κ3) is 4.47. The first-order chi connectivity index (χ1) is 9.13. The fraction of sp³-hybridized carbons (Fsp3) is 0.385. The number of ether oxygens (including phenoxy) is 2. The van der Waals surface area contributed by atoms with E-state index in [1.54, 1.807) is 13.8 Å². The largest absolute Gasteiger partial charge is 0.462 e. The SMILES string of the molecule is CCOC(=O)C(=Cc1sccc1CBr)C(=O)OCC. The van der Waals surface area contributed by atoms with E-state index < -0.39 is 11.9 Å². The number of hydrogen-bond acceptors (Lipinski definition) is 5. The molecule has 1 rings (SSSR count). The van der Waals surface area contributed by atoms with Gasteiger partial charge in [0, 0.05) is 10.2 Å². The van der Waals surface area contributed by atoms with Crippen LogP contribution in [0.3, 0.4) is 0 Å². The predicted molar refractivity (Wildman–Crippen MR) is 78.2 cm³/mol. The van der Waals surface area contributed by atoms with E-state index in [-0.39, 0.29) is 18.8 Å². The summed E-state index contributed by atoms with van der Waals surface area (Å²) in [6, 6.07) is 1.93. The summed E-state index contributed by atoms with van der Waals surface area (Å²) in [7, 11) is 0. The number of halogens is 1. The van der Waals surface area contributed by atoms with Crippen molar-refractivity contribution in [2.45, 2.75) is 19.2 Å². The van der Waals surface area contributed by atoms with Crippen LogP contribution in [-0.4, -0.2) is 25.2 Å². The van der Waals surface area contributed by atoms with E-state index >= 15 is 0 Å². The van der Waals surface area contributed by atoms with Crippen LogP contribution in [0.2, 0.25) is 0 Å². The molecule has 6 heteroatoms. The fourth-order valence-corrected chi connectivity index (χ4v) is 2.87. The van der Waals surface area contributed by atoms with E-state index in [9.17, 15) is 9.59 Å². The summed E-state index contributed by atoms with van der Waals surface area (Å²) in [4.78, 5) is 24.4. The van der Waals surface area contributed by atoms with E-state index in [0.29, 0.717) is 5.33 Å². The second-order valence-corrected chi connectivity index (χ2v) is 4.95. The van der Waals surface area contributed by atoms with Crippen LogP contribution in [0.25, 0.3) is 6.08 Å². The van der Waals surface area contributed by atoms with Crippen molar-refractivity contribution in [1.29, 1.82) is 0 Å². The topological polar surface area (TPSA) is 52.6 Å². The molecule has 0 saturated heterocycles. The maximum absolute atomic E-state index is 11.8. The van der Waals surface area contributed by atoms with Gasteiger partial charge in [-0.1, -0.05) is 15.9 Å². The Kier molecular flexibility index (Phi) is 6.80. The summed E-state index contributed by atoms with van der Waals surface area (Å²) in [5.41, 5.74) is 0.935. The quantitative estimate of drug-likeness (QED) is 0.261. The average Bonchev–Trinajstić information content (AvgIpc) is 2.83. The second kappa shape index (κ2) is 8.12. The van der Waals surface area contributed by atoms with Crippen LogP contribution in [0, 0.1) is 0 Å². The fourth-order valence-electron chi connectivity index (χ4n) is 1.33. The van der Waals surface area contributed by atoms with Crippen LogP contribution in [0.15, 0.2) is 17.0 Å². The lowest BCUT2D eigenvalue weighted by atomic mass is 10.2. The minimum Gasteiger partial charge on any atom is -0.462 e. The van der Waals surface area contributed by atoms with Gasteiger partial charge in [-0.25, -0.2) is 9.59 Å². The summed E-state index contributed by atoms with van der Waals surface area (Å²) in [6.07, 6.45) is 1.53. The lowest BCUT2D eigenvalue weighted by Gasteiger charge is -2.06. The van der Waals surface area contributed by atoms with Gasteiger partial charge in [-0.2, -0.15) is 0 Å². The van der Waals surface area contributed by atoms with Crippen molar-refractivity contribution >= 4 is 45.3 Å². The molecule has 0 radical (unpaired) electrons. The Labute approximate surface area is 124 Å². The van der Waals surface area contributed by atoms with E-state index in [1.807, 2.05) is 11.4 Å². The second-order valence-electron chi connectivity index (χ2n) is 3.44. The molecule has 4 nitrogen and oxygen atoms in total. The van der Waals surface area contributed by atoms with Gasteiger partial charge < -0.3 is 9.47 Å². The van der Waals surface area contributed by atoms with Gasteiger partial charge in [-0.15, -0.1) is 11.3 Å². The lowest BCUT2D eigenvalue weighted by Crippen LogP contribution is -2.18. The van der Waals surface area contributed by atoms with Crippen molar-refractivity contribution in [3.8, 4) is 0 Å². The Morgan fingerprint density at radius 1 is 1.26 bits per heavy atom. The minimum absolute atomic E-state index is 0.0756. The van der Waals surface area contributed by atoms with Gasteiger partial charge >= 0.3 is 11.9 Å². The zero-order valence-electron chi connectivity index (χ0n) is 10.8. The van der Waals surface area contributed by atoms with E-state index in [2.05, 4.69) is 15.9 Å². The number of rotatable bonds is 6. The van der Waals surface area contributed by atoms with Gasteiger partial charge in [0.05, 0.1) is 13.2 Å². The molecule has 0 spiro atoms. The molecule has 1 heterocycles. The average molecular weight is 347 g/mol. The summed E-state index contributed by atoms with van der Waals surface area (Å²) in [5.74, 6) is -1.32. The van der Waals surface area contributed by atoms with Crippen molar-refractivity contribution in [1.82, 2.24) is 0 Å². The Balaban J connectivity index is 3.08. The highest BCUT2D eigenvalue weighted by Gasteiger charge is 2.21. The number of hydrogen-bond donors (Lipinski definition) is 0. The van der Waals surface area contributed by atoms with Crippen molar-refractivity contribution < 1.29 is 19.1 Å². The highest BCUT2D eigenvalue weighted by Crippen LogP contribution is 2.23. The van der Waals surface area contributed by atoms with Gasteiger partial charge in [0.15, 0.2) is 0 Å². The third-order valence-corrected chi connectivity index (χ3v) is 3.70. The predicted octanol–water partition coefficient (Wildman–Crippen LogP) is 3.15. The molecule has 1 aromatic rings. The molecule has 1 aromatic heterocycles. The Hall–Kier alpha value is -1.14. The van der Waals surface area contributed by atoms with Crippen molar-refractivity contribution in [3.05, 3.63) is 27.5 Å². The molecule has 0 N–H and O–H groups in total. The molecular formula is C13H15BrO4S. The van der Waals surface area contributed by atoms with Gasteiger partial charge in [0.2, 0.25) is 0 Å². The van der Waals surface area contributed by atoms with E-state index in [4.69, 9.17) is 9.47 Å². The van der Waals surface area contributed by atoms with Crippen LogP contribution in [0.4, 0.5) is 0 Å². The molecule has 0 bridgehead atoms. The van der Waals surface area contributed by atoms with Gasteiger partial charge in [0.1, 0.15) is 5.57 Å². The maximum atomic E-state index is 11.8. The Morgan fingerprint density at radius 2 is 1.84 bits per heavy atom. The Morgan fingerprint density at radius 3 is 2.32 bits per heavy atom. The number of alkyl halides is 1. The highest BCUT2D eigenvalue weighted by molar-refractivity contribution is 9.08. The van der Waals surface area contributed by atoms with Crippen LogP contribution < -0.4 is 0 Å². The van der Waals surface area contributed by atoms with E-state index in [1.165, 1.54) is 17.4 Å². The van der Waals surface area contributed by atoms with Gasteiger partial charge in [-0.05, 0) is 36.9 Å². The summed E-state index contributed by atoms with van der Waals surface area (Å²) >= 11 is 4.81. The minimum atomic E-state index is -0.658. The van der Waals surface area contributed by atoms with Gasteiger partial charge in [0.25, 0.3) is 0 Å². The van der Waals surface area contributed by atoms with Gasteiger partial charge in [-0.3, -0.25) is 0 Å².